The first kappa shape index (κ1) is 22.6. The fourth-order valence-electron chi connectivity index (χ4n) is 4.03. The van der Waals surface area contributed by atoms with Gasteiger partial charge in [-0.3, -0.25) is 9.59 Å². The summed E-state index contributed by atoms with van der Waals surface area (Å²) in [7, 11) is 1.92. The molecule has 33 heavy (non-hydrogen) atoms. The van der Waals surface area contributed by atoms with Crippen molar-refractivity contribution in [2.24, 2.45) is 13.0 Å². The molecule has 3 aromatic rings. The monoisotopic (exact) mass is 446 g/mol. The Morgan fingerprint density at radius 3 is 2.52 bits per heavy atom. The van der Waals surface area contributed by atoms with Gasteiger partial charge in [0.05, 0.1) is 0 Å². The van der Waals surface area contributed by atoms with Crippen LogP contribution in [-0.4, -0.2) is 32.3 Å². The molecule has 1 aromatic heterocycles. The standard InChI is InChI=1S/C26H30N4O3/c1-18(2)14-25(31)30-16-20-7-5-4-6-19(20)15-23(30)26(32)28-21-8-10-22(11-9-21)33-17-24-27-12-13-29(24)3/h4-13,18,23H,14-17H2,1-3H3,(H,28,32). The minimum Gasteiger partial charge on any atom is -0.486 e. The van der Waals surface area contributed by atoms with Crippen LogP contribution >= 0.6 is 0 Å². The molecule has 7 nitrogen and oxygen atoms in total. The van der Waals surface area contributed by atoms with E-state index in [0.29, 0.717) is 37.4 Å². The third kappa shape index (κ3) is 5.42. The molecule has 0 radical (unpaired) electrons. The quantitative estimate of drug-likeness (QED) is 0.597. The highest BCUT2D eigenvalue weighted by molar-refractivity contribution is 5.97. The third-order valence-electron chi connectivity index (χ3n) is 5.87. The second kappa shape index (κ2) is 9.90. The first-order valence-electron chi connectivity index (χ1n) is 11.3. The van der Waals surface area contributed by atoms with E-state index in [9.17, 15) is 9.59 Å². The highest BCUT2D eigenvalue weighted by Crippen LogP contribution is 2.26. The molecule has 0 saturated heterocycles. The van der Waals surface area contributed by atoms with Crippen LogP contribution in [0.5, 0.6) is 5.75 Å². The summed E-state index contributed by atoms with van der Waals surface area (Å²) in [6.45, 7) is 4.86. The zero-order valence-electron chi connectivity index (χ0n) is 19.3. The maximum atomic E-state index is 13.2. The van der Waals surface area contributed by atoms with Gasteiger partial charge < -0.3 is 19.5 Å². The second-order valence-corrected chi connectivity index (χ2v) is 8.86. The number of aryl methyl sites for hydroxylation is 1. The number of nitrogens with zero attached hydrogens (tertiary/aromatic N) is 3. The lowest BCUT2D eigenvalue weighted by atomic mass is 9.92. The molecule has 7 heteroatoms. The Bertz CT molecular complexity index is 1120. The first-order valence-corrected chi connectivity index (χ1v) is 11.3. The number of carbonyl (C=O) groups is 2. The van der Waals surface area contributed by atoms with Crippen LogP contribution in [0.1, 0.15) is 37.2 Å². The number of nitrogens with one attached hydrogen (secondary N) is 1. The van der Waals surface area contributed by atoms with E-state index in [1.54, 1.807) is 11.1 Å². The van der Waals surface area contributed by atoms with E-state index in [0.717, 1.165) is 17.0 Å². The average molecular weight is 447 g/mol. The number of anilines is 1. The van der Waals surface area contributed by atoms with E-state index in [2.05, 4.69) is 10.3 Å². The Morgan fingerprint density at radius 1 is 1.12 bits per heavy atom. The van der Waals surface area contributed by atoms with E-state index in [4.69, 9.17) is 4.74 Å². The molecular weight excluding hydrogens is 416 g/mol. The van der Waals surface area contributed by atoms with Gasteiger partial charge in [0.15, 0.2) is 0 Å². The van der Waals surface area contributed by atoms with E-state index >= 15 is 0 Å². The zero-order valence-corrected chi connectivity index (χ0v) is 19.3. The van der Waals surface area contributed by atoms with Gasteiger partial charge in [-0.05, 0) is 41.3 Å². The Kier molecular flexibility index (Phi) is 6.77. The Morgan fingerprint density at radius 2 is 1.85 bits per heavy atom. The van der Waals surface area contributed by atoms with Crippen LogP contribution in [0, 0.1) is 5.92 Å². The van der Waals surface area contributed by atoms with Crippen LogP contribution in [0.15, 0.2) is 60.9 Å². The molecule has 1 aliphatic rings. The van der Waals surface area contributed by atoms with Crippen molar-refractivity contribution in [3.05, 3.63) is 77.9 Å². The van der Waals surface area contributed by atoms with Crippen LogP contribution in [0.25, 0.3) is 0 Å². The molecule has 1 N–H and O–H groups in total. The van der Waals surface area contributed by atoms with Crippen molar-refractivity contribution < 1.29 is 14.3 Å². The van der Waals surface area contributed by atoms with Gasteiger partial charge in [-0.1, -0.05) is 38.1 Å². The number of hydrogen-bond donors (Lipinski definition) is 1. The number of benzene rings is 2. The van der Waals surface area contributed by atoms with Gasteiger partial charge in [0.1, 0.15) is 24.2 Å². The Balaban J connectivity index is 1.44. The van der Waals surface area contributed by atoms with Crippen molar-refractivity contribution in [3.63, 3.8) is 0 Å². The lowest BCUT2D eigenvalue weighted by Crippen LogP contribution is -2.50. The molecule has 172 valence electrons. The van der Waals surface area contributed by atoms with Crippen LogP contribution in [0.2, 0.25) is 0 Å². The lowest BCUT2D eigenvalue weighted by molar-refractivity contribution is -0.140. The molecule has 1 atom stereocenters. The minimum atomic E-state index is -0.537. The first-order chi connectivity index (χ1) is 15.9. The number of hydrogen-bond acceptors (Lipinski definition) is 4. The largest absolute Gasteiger partial charge is 0.486 e. The summed E-state index contributed by atoms with van der Waals surface area (Å²) in [5, 5.41) is 2.98. The summed E-state index contributed by atoms with van der Waals surface area (Å²) in [6, 6.07) is 14.7. The SMILES string of the molecule is CC(C)CC(=O)N1Cc2ccccc2CC1C(=O)Nc1ccc(OCc2nccn2C)cc1. The van der Waals surface area contributed by atoms with Gasteiger partial charge in [-0.25, -0.2) is 4.98 Å². The number of aromatic nitrogens is 2. The minimum absolute atomic E-state index is 0.0117. The highest BCUT2D eigenvalue weighted by atomic mass is 16.5. The second-order valence-electron chi connectivity index (χ2n) is 8.86. The molecule has 4 rings (SSSR count). The van der Waals surface area contributed by atoms with Crippen LogP contribution < -0.4 is 10.1 Å². The van der Waals surface area contributed by atoms with Gasteiger partial charge in [0.2, 0.25) is 11.8 Å². The summed E-state index contributed by atoms with van der Waals surface area (Å²) in [5.74, 6) is 1.59. The van der Waals surface area contributed by atoms with Crippen molar-refractivity contribution in [1.82, 2.24) is 14.5 Å². The van der Waals surface area contributed by atoms with E-state index < -0.39 is 6.04 Å². The molecule has 1 aliphatic heterocycles. The smallest absolute Gasteiger partial charge is 0.247 e. The van der Waals surface area contributed by atoms with Gasteiger partial charge in [0.25, 0.3) is 0 Å². The van der Waals surface area contributed by atoms with Crippen LogP contribution in [-0.2, 0) is 36.2 Å². The van der Waals surface area contributed by atoms with Crippen molar-refractivity contribution >= 4 is 17.5 Å². The molecule has 2 aromatic carbocycles. The fourth-order valence-corrected chi connectivity index (χ4v) is 4.03. The molecule has 0 aliphatic carbocycles. The highest BCUT2D eigenvalue weighted by Gasteiger charge is 2.34. The van der Waals surface area contributed by atoms with Crippen molar-refractivity contribution in [2.45, 2.75) is 45.9 Å². The van der Waals surface area contributed by atoms with E-state index in [1.165, 1.54) is 0 Å². The number of amides is 2. The summed E-state index contributed by atoms with van der Waals surface area (Å²) < 4.78 is 7.69. The molecule has 0 bridgehead atoms. The van der Waals surface area contributed by atoms with Crippen molar-refractivity contribution in [2.75, 3.05) is 5.32 Å². The molecule has 0 fully saturated rings. The molecule has 2 heterocycles. The van der Waals surface area contributed by atoms with Gasteiger partial charge >= 0.3 is 0 Å². The molecule has 2 amide bonds. The number of imidazole rings is 1. The maximum Gasteiger partial charge on any atom is 0.247 e. The van der Waals surface area contributed by atoms with Gasteiger partial charge in [0, 0.05) is 44.5 Å². The molecule has 0 saturated carbocycles. The molecular formula is C26H30N4O3. The van der Waals surface area contributed by atoms with E-state index in [1.807, 2.05) is 80.2 Å². The number of carbonyl (C=O) groups excluding carboxylic acids is 2. The average Bonchev–Trinajstić information content (AvgIpc) is 3.22. The summed E-state index contributed by atoms with van der Waals surface area (Å²) >= 11 is 0. The Hall–Kier alpha value is -3.61. The predicted octanol–water partition coefficient (Wildman–Crippen LogP) is 3.94. The van der Waals surface area contributed by atoms with Gasteiger partial charge in [-0.15, -0.1) is 0 Å². The van der Waals surface area contributed by atoms with Crippen molar-refractivity contribution in [1.29, 1.82) is 0 Å². The zero-order chi connectivity index (χ0) is 23.4. The Labute approximate surface area is 194 Å². The number of fused-ring (bicyclic) bond motifs is 1. The normalized spacial score (nSPS) is 15.3. The third-order valence-corrected chi connectivity index (χ3v) is 5.87. The summed E-state index contributed by atoms with van der Waals surface area (Å²) in [5.41, 5.74) is 2.89. The number of ether oxygens (including phenoxy) is 1. The summed E-state index contributed by atoms with van der Waals surface area (Å²) in [4.78, 5) is 32.1. The lowest BCUT2D eigenvalue weighted by Gasteiger charge is -2.36. The van der Waals surface area contributed by atoms with Crippen LogP contribution in [0.4, 0.5) is 5.69 Å². The van der Waals surface area contributed by atoms with Crippen LogP contribution in [0.3, 0.4) is 0 Å². The fraction of sp³-hybridized carbons (Fsp3) is 0.346. The predicted molar refractivity (Wildman–Crippen MR) is 127 cm³/mol. The topological polar surface area (TPSA) is 76.5 Å². The van der Waals surface area contributed by atoms with Crippen molar-refractivity contribution in [3.8, 4) is 5.75 Å². The number of rotatable bonds is 7. The maximum absolute atomic E-state index is 13.2. The molecule has 0 spiro atoms. The summed E-state index contributed by atoms with van der Waals surface area (Å²) in [6.07, 6.45) is 4.54. The van der Waals surface area contributed by atoms with Gasteiger partial charge in [-0.2, -0.15) is 0 Å². The molecule has 1 unspecified atom stereocenters. The van der Waals surface area contributed by atoms with E-state index in [-0.39, 0.29) is 17.7 Å².